The van der Waals surface area contributed by atoms with E-state index in [0.29, 0.717) is 32.7 Å². The zero-order valence-corrected chi connectivity index (χ0v) is 18.4. The normalized spacial score (nSPS) is 13.9. The van der Waals surface area contributed by atoms with Crippen molar-refractivity contribution in [1.82, 2.24) is 19.7 Å². The minimum atomic E-state index is 0.195. The molecule has 0 aliphatic carbocycles. The van der Waals surface area contributed by atoms with E-state index in [0.717, 1.165) is 40.2 Å². The fourth-order valence-corrected chi connectivity index (χ4v) is 4.41. The van der Waals surface area contributed by atoms with Crippen molar-refractivity contribution in [2.24, 2.45) is 0 Å². The van der Waals surface area contributed by atoms with Crippen molar-refractivity contribution in [3.8, 4) is 22.8 Å². The van der Waals surface area contributed by atoms with E-state index in [1.54, 1.807) is 18.9 Å². The number of morpholine rings is 1. The molecule has 0 N–H and O–H groups in total. The van der Waals surface area contributed by atoms with E-state index in [1.165, 1.54) is 0 Å². The molecular weight excluding hydrogens is 412 g/mol. The van der Waals surface area contributed by atoms with Gasteiger partial charge in [0.15, 0.2) is 11.0 Å². The quantitative estimate of drug-likeness (QED) is 0.395. The summed E-state index contributed by atoms with van der Waals surface area (Å²) in [7, 11) is 1.66. The van der Waals surface area contributed by atoms with Crippen LogP contribution in [-0.2, 0) is 9.53 Å². The smallest absolute Gasteiger partial charge is 0.222 e. The molecule has 3 aromatic rings. The second kappa shape index (κ2) is 10.5. The molecule has 0 radical (unpaired) electrons. The summed E-state index contributed by atoms with van der Waals surface area (Å²) in [6, 6.07) is 17.8. The molecule has 1 saturated heterocycles. The van der Waals surface area contributed by atoms with Gasteiger partial charge in [0.05, 0.1) is 26.0 Å². The second-order valence-electron chi connectivity index (χ2n) is 7.12. The Kier molecular flexibility index (Phi) is 7.22. The Morgan fingerprint density at radius 3 is 2.58 bits per heavy atom. The summed E-state index contributed by atoms with van der Waals surface area (Å²) in [5, 5.41) is 9.71. The van der Waals surface area contributed by atoms with Crippen LogP contribution in [0.25, 0.3) is 17.1 Å². The maximum Gasteiger partial charge on any atom is 0.222 e. The van der Waals surface area contributed by atoms with Crippen molar-refractivity contribution in [3.63, 3.8) is 0 Å². The third-order valence-corrected chi connectivity index (χ3v) is 6.14. The number of carbonyl (C=O) groups is 1. The van der Waals surface area contributed by atoms with Crippen molar-refractivity contribution < 1.29 is 14.3 Å². The number of nitrogens with zero attached hydrogens (tertiary/aromatic N) is 4. The molecule has 1 aliphatic rings. The third-order valence-electron chi connectivity index (χ3n) is 5.12. The van der Waals surface area contributed by atoms with Gasteiger partial charge in [0.2, 0.25) is 5.91 Å². The van der Waals surface area contributed by atoms with E-state index in [1.807, 2.05) is 64.1 Å². The van der Waals surface area contributed by atoms with Crippen LogP contribution in [0.15, 0.2) is 59.8 Å². The zero-order valence-electron chi connectivity index (χ0n) is 17.6. The van der Waals surface area contributed by atoms with E-state index in [-0.39, 0.29) is 5.91 Å². The summed E-state index contributed by atoms with van der Waals surface area (Å²) >= 11 is 1.60. The Balaban J connectivity index is 1.51. The average Bonchev–Trinajstić information content (AvgIpc) is 3.26. The summed E-state index contributed by atoms with van der Waals surface area (Å²) in [6.45, 7) is 2.64. The van der Waals surface area contributed by atoms with Crippen LogP contribution in [0.5, 0.6) is 5.75 Å². The minimum absolute atomic E-state index is 0.195. The number of hydrogen-bond donors (Lipinski definition) is 0. The molecule has 0 bridgehead atoms. The van der Waals surface area contributed by atoms with Gasteiger partial charge in [-0.3, -0.25) is 9.36 Å². The highest BCUT2D eigenvalue weighted by Crippen LogP contribution is 2.32. The van der Waals surface area contributed by atoms with E-state index in [9.17, 15) is 4.79 Å². The van der Waals surface area contributed by atoms with Crippen molar-refractivity contribution >= 4 is 17.7 Å². The maximum atomic E-state index is 12.4. The number of thioether (sulfide) groups is 1. The molecule has 7 nitrogen and oxygen atoms in total. The monoisotopic (exact) mass is 438 g/mol. The molecule has 31 heavy (non-hydrogen) atoms. The van der Waals surface area contributed by atoms with Gasteiger partial charge in [0.1, 0.15) is 5.75 Å². The molecule has 2 aromatic carbocycles. The Morgan fingerprint density at radius 2 is 1.81 bits per heavy atom. The predicted octanol–water partition coefficient (Wildman–Crippen LogP) is 3.67. The van der Waals surface area contributed by atoms with Crippen molar-refractivity contribution in [2.45, 2.75) is 18.0 Å². The van der Waals surface area contributed by atoms with Crippen LogP contribution < -0.4 is 4.74 Å². The van der Waals surface area contributed by atoms with Gasteiger partial charge >= 0.3 is 0 Å². The molecule has 0 unspecified atom stereocenters. The van der Waals surface area contributed by atoms with Gasteiger partial charge in [0, 0.05) is 30.8 Å². The number of carbonyl (C=O) groups excluding carboxylic acids is 1. The van der Waals surface area contributed by atoms with Crippen molar-refractivity contribution in [3.05, 3.63) is 54.6 Å². The number of amides is 1. The summed E-state index contributed by atoms with van der Waals surface area (Å²) in [5.74, 6) is 2.49. The van der Waals surface area contributed by atoms with Crippen LogP contribution in [0.1, 0.15) is 12.8 Å². The van der Waals surface area contributed by atoms with Gasteiger partial charge in [-0.2, -0.15) is 0 Å². The molecule has 0 atom stereocenters. The van der Waals surface area contributed by atoms with Gasteiger partial charge in [-0.05, 0) is 18.6 Å². The molecule has 4 rings (SSSR count). The molecule has 2 heterocycles. The molecule has 0 spiro atoms. The molecule has 1 aromatic heterocycles. The highest BCUT2D eigenvalue weighted by atomic mass is 32.2. The standard InChI is InChI=1S/C23H26N4O3S/c1-29-20-11-6-5-10-19(20)27-22(18-8-3-2-4-9-18)24-25-23(27)31-17-7-12-21(28)26-13-15-30-16-14-26/h2-6,8-11H,7,12-17H2,1H3. The molecule has 0 saturated carbocycles. The van der Waals surface area contributed by atoms with Gasteiger partial charge < -0.3 is 14.4 Å². The first-order chi connectivity index (χ1) is 15.3. The Bertz CT molecular complexity index is 1000. The van der Waals surface area contributed by atoms with Gasteiger partial charge in [0.25, 0.3) is 0 Å². The van der Waals surface area contributed by atoms with Crippen LogP contribution in [-0.4, -0.2) is 64.7 Å². The van der Waals surface area contributed by atoms with E-state index < -0.39 is 0 Å². The number of ether oxygens (including phenoxy) is 2. The summed E-state index contributed by atoms with van der Waals surface area (Å²) in [6.07, 6.45) is 1.31. The first kappa shape index (κ1) is 21.4. The third kappa shape index (κ3) is 5.08. The highest BCUT2D eigenvalue weighted by molar-refractivity contribution is 7.99. The number of hydrogen-bond acceptors (Lipinski definition) is 6. The molecule has 1 amide bonds. The largest absolute Gasteiger partial charge is 0.495 e. The predicted molar refractivity (Wildman–Crippen MR) is 121 cm³/mol. The highest BCUT2D eigenvalue weighted by Gasteiger charge is 2.20. The van der Waals surface area contributed by atoms with Crippen molar-refractivity contribution in [1.29, 1.82) is 0 Å². The second-order valence-corrected chi connectivity index (χ2v) is 8.19. The number of benzene rings is 2. The fraction of sp³-hybridized carbons (Fsp3) is 0.348. The first-order valence-electron chi connectivity index (χ1n) is 10.4. The van der Waals surface area contributed by atoms with Crippen LogP contribution in [0.2, 0.25) is 0 Å². The molecule has 1 fully saturated rings. The Morgan fingerprint density at radius 1 is 1.06 bits per heavy atom. The van der Waals surface area contributed by atoms with Gasteiger partial charge in [-0.25, -0.2) is 0 Å². The van der Waals surface area contributed by atoms with Crippen molar-refractivity contribution in [2.75, 3.05) is 39.2 Å². The zero-order chi connectivity index (χ0) is 21.5. The molecular formula is C23H26N4O3S. The van der Waals surface area contributed by atoms with E-state index in [2.05, 4.69) is 10.2 Å². The molecule has 1 aliphatic heterocycles. The summed E-state index contributed by atoms with van der Waals surface area (Å²) < 4.78 is 12.9. The lowest BCUT2D eigenvalue weighted by Gasteiger charge is -2.26. The van der Waals surface area contributed by atoms with Crippen LogP contribution in [0, 0.1) is 0 Å². The minimum Gasteiger partial charge on any atom is -0.495 e. The Labute approximate surface area is 186 Å². The van der Waals surface area contributed by atoms with E-state index in [4.69, 9.17) is 9.47 Å². The molecule has 8 heteroatoms. The first-order valence-corrected chi connectivity index (χ1v) is 11.4. The Hall–Kier alpha value is -2.84. The molecule has 162 valence electrons. The number of methoxy groups -OCH3 is 1. The summed E-state index contributed by atoms with van der Waals surface area (Å²) in [5.41, 5.74) is 1.87. The average molecular weight is 439 g/mol. The topological polar surface area (TPSA) is 69.5 Å². The lowest BCUT2D eigenvalue weighted by molar-refractivity contribution is -0.135. The number of para-hydroxylation sites is 2. The van der Waals surface area contributed by atoms with Gasteiger partial charge in [-0.15, -0.1) is 10.2 Å². The number of aromatic nitrogens is 3. The number of rotatable bonds is 8. The lowest BCUT2D eigenvalue weighted by atomic mass is 10.2. The van der Waals surface area contributed by atoms with Crippen LogP contribution in [0.4, 0.5) is 0 Å². The van der Waals surface area contributed by atoms with Crippen LogP contribution >= 0.6 is 11.8 Å². The fourth-order valence-electron chi connectivity index (χ4n) is 3.53. The maximum absolute atomic E-state index is 12.4. The van der Waals surface area contributed by atoms with Gasteiger partial charge in [-0.1, -0.05) is 54.2 Å². The summed E-state index contributed by atoms with van der Waals surface area (Å²) in [4.78, 5) is 14.3. The van der Waals surface area contributed by atoms with E-state index >= 15 is 0 Å². The van der Waals surface area contributed by atoms with Crippen LogP contribution in [0.3, 0.4) is 0 Å². The SMILES string of the molecule is COc1ccccc1-n1c(SCCCC(=O)N2CCOCC2)nnc1-c1ccccc1. The lowest BCUT2D eigenvalue weighted by Crippen LogP contribution is -2.40.